The normalized spacial score (nSPS) is 13.8. The van der Waals surface area contributed by atoms with Crippen molar-refractivity contribution in [2.24, 2.45) is 5.41 Å². The predicted molar refractivity (Wildman–Crippen MR) is 97.2 cm³/mol. The summed E-state index contributed by atoms with van der Waals surface area (Å²) in [4.78, 5) is 26.8. The highest BCUT2D eigenvalue weighted by molar-refractivity contribution is 7.07. The summed E-state index contributed by atoms with van der Waals surface area (Å²) in [6, 6.07) is 8.18. The molecule has 0 saturated heterocycles. The van der Waals surface area contributed by atoms with Crippen LogP contribution in [-0.2, 0) is 4.79 Å². The number of H-pyrrole nitrogens is 1. The molecule has 1 aromatic carbocycles. The largest absolute Gasteiger partial charge is 0.313 e. The first-order valence-electron chi connectivity index (χ1n) is 7.74. The van der Waals surface area contributed by atoms with Crippen LogP contribution in [0.15, 0.2) is 29.1 Å². The fourth-order valence-electron chi connectivity index (χ4n) is 1.99. The molecule has 0 aliphatic rings. The van der Waals surface area contributed by atoms with Crippen LogP contribution in [0.2, 0.25) is 0 Å². The average Bonchev–Trinajstić information content (AvgIpc) is 2.78. The Morgan fingerprint density at radius 2 is 1.78 bits per heavy atom. The Hall–Kier alpha value is -1.94. The third kappa shape index (κ3) is 4.52. The highest BCUT2D eigenvalue weighted by Gasteiger charge is 2.18. The quantitative estimate of drug-likeness (QED) is 0.941. The molecule has 0 aliphatic carbocycles. The van der Waals surface area contributed by atoms with Crippen LogP contribution in [-0.4, -0.2) is 10.8 Å². The molecule has 1 N–H and O–H groups in total. The van der Waals surface area contributed by atoms with Gasteiger partial charge in [-0.05, 0) is 23.1 Å². The summed E-state index contributed by atoms with van der Waals surface area (Å²) in [6.45, 7) is 9.89. The Labute approximate surface area is 140 Å². The fourth-order valence-corrected chi connectivity index (χ4v) is 2.87. The minimum atomic E-state index is -0.447. The zero-order valence-electron chi connectivity index (χ0n) is 14.3. The van der Waals surface area contributed by atoms with Crippen molar-refractivity contribution in [3.05, 3.63) is 54.9 Å². The third-order valence-corrected chi connectivity index (χ3v) is 4.55. The zero-order valence-corrected chi connectivity index (χ0v) is 15.1. The lowest BCUT2D eigenvalue weighted by Crippen LogP contribution is -2.22. The summed E-state index contributed by atoms with van der Waals surface area (Å²) in [5, 5.41) is 0. The van der Waals surface area contributed by atoms with Crippen LogP contribution in [0.1, 0.15) is 51.7 Å². The predicted octanol–water partition coefficient (Wildman–Crippen LogP) is 2.78. The highest BCUT2D eigenvalue weighted by atomic mass is 32.1. The molecule has 1 aromatic heterocycles. The van der Waals surface area contributed by atoms with Crippen LogP contribution in [0.5, 0.6) is 0 Å². The summed E-state index contributed by atoms with van der Waals surface area (Å²) < 4.78 is 1.20. The number of aromatic nitrogens is 1. The number of ketones is 1. The molecule has 3 nitrogen and oxygen atoms in total. The van der Waals surface area contributed by atoms with Gasteiger partial charge in [-0.25, -0.2) is 0 Å². The smallest absolute Gasteiger partial charge is 0.266 e. The molecule has 0 atom stereocenters. The van der Waals surface area contributed by atoms with E-state index in [4.69, 9.17) is 0 Å². The van der Waals surface area contributed by atoms with Crippen molar-refractivity contribution in [1.82, 2.24) is 4.98 Å². The van der Waals surface area contributed by atoms with Crippen LogP contribution in [0.3, 0.4) is 0 Å². The lowest BCUT2D eigenvalue weighted by atomic mass is 9.91. The lowest BCUT2D eigenvalue weighted by molar-refractivity contribution is -0.119. The van der Waals surface area contributed by atoms with Crippen LogP contribution >= 0.6 is 11.3 Å². The van der Waals surface area contributed by atoms with Crippen LogP contribution in [0.4, 0.5) is 0 Å². The van der Waals surface area contributed by atoms with Crippen LogP contribution in [0.25, 0.3) is 12.2 Å². The third-order valence-electron chi connectivity index (χ3n) is 3.58. The number of Topliss-reactive ketones (excluding diaryl/α,β-unsaturated/α-hetero) is 1. The first-order chi connectivity index (χ1) is 10.7. The second-order valence-electron chi connectivity index (χ2n) is 7.01. The van der Waals surface area contributed by atoms with E-state index in [-0.39, 0.29) is 11.3 Å². The monoisotopic (exact) mass is 329 g/mol. The maximum atomic E-state index is 12.0. The number of nitrogens with one attached hydrogen (secondary N) is 1. The molecule has 0 bridgehead atoms. The maximum Gasteiger partial charge on any atom is 0.266 e. The van der Waals surface area contributed by atoms with Gasteiger partial charge in [0.1, 0.15) is 0 Å². The SMILES string of the molecule is CC(C)c1ccc(/C=c2/s/c(=C/C(=O)C(C)(C)C)[nH]c2=O)cc1. The molecule has 0 aliphatic heterocycles. The first-order valence-corrected chi connectivity index (χ1v) is 8.55. The number of hydrogen-bond acceptors (Lipinski definition) is 3. The van der Waals surface area contributed by atoms with E-state index in [0.29, 0.717) is 15.1 Å². The topological polar surface area (TPSA) is 49.9 Å². The molecule has 0 radical (unpaired) electrons. The van der Waals surface area contributed by atoms with Gasteiger partial charge >= 0.3 is 0 Å². The average molecular weight is 329 g/mol. The van der Waals surface area contributed by atoms with Crippen molar-refractivity contribution >= 4 is 29.3 Å². The van der Waals surface area contributed by atoms with Crippen molar-refractivity contribution in [2.45, 2.75) is 40.5 Å². The van der Waals surface area contributed by atoms with E-state index in [9.17, 15) is 9.59 Å². The fraction of sp³-hybridized carbons (Fsp3) is 0.368. The van der Waals surface area contributed by atoms with Gasteiger partial charge in [-0.15, -0.1) is 11.3 Å². The van der Waals surface area contributed by atoms with Crippen molar-refractivity contribution in [2.75, 3.05) is 0 Å². The van der Waals surface area contributed by atoms with E-state index >= 15 is 0 Å². The molecular weight excluding hydrogens is 306 g/mol. The van der Waals surface area contributed by atoms with E-state index in [2.05, 4.69) is 31.0 Å². The molecule has 2 rings (SSSR count). The first kappa shape index (κ1) is 17.4. The number of thiazole rings is 1. The minimum absolute atomic E-state index is 0.00263. The zero-order chi connectivity index (χ0) is 17.2. The number of aromatic amines is 1. The lowest BCUT2D eigenvalue weighted by Gasteiger charge is -2.12. The molecule has 0 unspecified atom stereocenters. The van der Waals surface area contributed by atoms with E-state index in [0.717, 1.165) is 5.56 Å². The van der Waals surface area contributed by atoms with Gasteiger partial charge in [-0.1, -0.05) is 58.9 Å². The summed E-state index contributed by atoms with van der Waals surface area (Å²) in [5.74, 6) is 0.488. The van der Waals surface area contributed by atoms with Gasteiger partial charge in [0.05, 0.1) is 9.20 Å². The minimum Gasteiger partial charge on any atom is -0.313 e. The Kier molecular flexibility index (Phi) is 5.05. The highest BCUT2D eigenvalue weighted by Crippen LogP contribution is 2.15. The molecular formula is C19H23NO2S. The standard InChI is InChI=1S/C19H23NO2S/c1-12(2)14-8-6-13(7-9-14)10-15-18(22)20-17(23-15)11-16(21)19(3,4)5/h6-12H,1-5H3,(H,20,22)/b15-10+,17-11+. The van der Waals surface area contributed by atoms with Gasteiger partial charge in [0.2, 0.25) is 0 Å². The second kappa shape index (κ2) is 6.67. The van der Waals surface area contributed by atoms with Crippen molar-refractivity contribution in [1.29, 1.82) is 0 Å². The molecule has 0 fully saturated rings. The molecule has 4 heteroatoms. The molecule has 122 valence electrons. The molecule has 0 amide bonds. The van der Waals surface area contributed by atoms with Crippen LogP contribution < -0.4 is 14.8 Å². The number of benzene rings is 1. The van der Waals surface area contributed by atoms with Crippen molar-refractivity contribution < 1.29 is 4.79 Å². The number of carbonyl (C=O) groups excluding carboxylic acids is 1. The van der Waals surface area contributed by atoms with Gasteiger partial charge in [-0.2, -0.15) is 0 Å². The number of rotatable bonds is 3. The van der Waals surface area contributed by atoms with E-state index in [1.54, 1.807) is 0 Å². The Bertz CT molecular complexity index is 862. The molecule has 2 aromatic rings. The summed E-state index contributed by atoms with van der Waals surface area (Å²) >= 11 is 1.31. The van der Waals surface area contributed by atoms with Gasteiger partial charge in [0.25, 0.3) is 5.56 Å². The Morgan fingerprint density at radius 1 is 1.17 bits per heavy atom. The van der Waals surface area contributed by atoms with Crippen molar-refractivity contribution in [3.63, 3.8) is 0 Å². The molecule has 23 heavy (non-hydrogen) atoms. The Balaban J connectivity index is 2.40. The van der Waals surface area contributed by atoms with Crippen LogP contribution in [0, 0.1) is 5.41 Å². The van der Waals surface area contributed by atoms with Crippen molar-refractivity contribution in [3.8, 4) is 0 Å². The van der Waals surface area contributed by atoms with Gasteiger partial charge in [0.15, 0.2) is 5.78 Å². The molecule has 1 heterocycles. The second-order valence-corrected chi connectivity index (χ2v) is 8.09. The van der Waals surface area contributed by atoms with Gasteiger partial charge in [-0.3, -0.25) is 9.59 Å². The Morgan fingerprint density at radius 3 is 2.30 bits per heavy atom. The number of hydrogen-bond donors (Lipinski definition) is 1. The van der Waals surface area contributed by atoms with E-state index in [1.165, 1.54) is 23.0 Å². The van der Waals surface area contributed by atoms with Gasteiger partial charge < -0.3 is 4.98 Å². The number of carbonyl (C=O) groups is 1. The maximum absolute atomic E-state index is 12.0. The van der Waals surface area contributed by atoms with Gasteiger partial charge in [0, 0.05) is 11.5 Å². The molecule has 0 saturated carbocycles. The molecule has 0 spiro atoms. The summed E-state index contributed by atoms with van der Waals surface area (Å²) in [5.41, 5.74) is 1.65. The van der Waals surface area contributed by atoms with E-state index in [1.807, 2.05) is 39.0 Å². The summed E-state index contributed by atoms with van der Waals surface area (Å²) in [6.07, 6.45) is 3.37. The van der Waals surface area contributed by atoms with E-state index < -0.39 is 5.41 Å². The summed E-state index contributed by atoms with van der Waals surface area (Å²) in [7, 11) is 0.